The zero-order valence-corrected chi connectivity index (χ0v) is 12.6. The van der Waals surface area contributed by atoms with Gasteiger partial charge in [0.1, 0.15) is 0 Å². The molecule has 2 aromatic rings. The highest BCUT2D eigenvalue weighted by Gasteiger charge is 2.10. The lowest BCUT2D eigenvalue weighted by Gasteiger charge is -2.10. The number of amides is 1. The minimum absolute atomic E-state index is 0.0500. The lowest BCUT2D eigenvalue weighted by atomic mass is 10.0. The highest BCUT2D eigenvalue weighted by atomic mass is 16.1. The second-order valence-corrected chi connectivity index (χ2v) is 5.02. The van der Waals surface area contributed by atoms with Crippen LogP contribution in [0.5, 0.6) is 0 Å². The van der Waals surface area contributed by atoms with Gasteiger partial charge in [-0.3, -0.25) is 4.79 Å². The van der Waals surface area contributed by atoms with Crippen LogP contribution in [0, 0.1) is 0 Å². The van der Waals surface area contributed by atoms with E-state index in [2.05, 4.69) is 17.6 Å². The van der Waals surface area contributed by atoms with E-state index in [0.717, 1.165) is 36.2 Å². The van der Waals surface area contributed by atoms with E-state index in [9.17, 15) is 4.79 Å². The maximum atomic E-state index is 12.4. The van der Waals surface area contributed by atoms with Gasteiger partial charge in [0.25, 0.3) is 5.91 Å². The van der Waals surface area contributed by atoms with Crippen LogP contribution in [0.2, 0.25) is 0 Å². The molecule has 0 aliphatic rings. The first-order valence-electron chi connectivity index (χ1n) is 7.37. The normalized spacial score (nSPS) is 10.4. The molecule has 0 spiro atoms. The van der Waals surface area contributed by atoms with Crippen LogP contribution < -0.4 is 10.6 Å². The number of anilines is 1. The van der Waals surface area contributed by atoms with Crippen LogP contribution in [0.1, 0.15) is 28.4 Å². The quantitative estimate of drug-likeness (QED) is 0.854. The van der Waals surface area contributed by atoms with Gasteiger partial charge in [-0.05, 0) is 55.8 Å². The number of hydrogen-bond acceptors (Lipinski definition) is 2. The molecule has 2 rings (SSSR count). The molecular weight excluding hydrogens is 260 g/mol. The summed E-state index contributed by atoms with van der Waals surface area (Å²) in [5.41, 5.74) is 3.91. The molecule has 0 fully saturated rings. The average Bonchev–Trinajstić information content (AvgIpc) is 2.54. The van der Waals surface area contributed by atoms with E-state index in [1.54, 1.807) is 0 Å². The molecular formula is C18H22N2O. The fourth-order valence-corrected chi connectivity index (χ4v) is 2.24. The number of aryl methyl sites for hydroxylation is 1. The first-order chi connectivity index (χ1) is 10.2. The van der Waals surface area contributed by atoms with Crippen molar-refractivity contribution in [3.8, 4) is 0 Å². The van der Waals surface area contributed by atoms with Crippen LogP contribution in [-0.2, 0) is 12.8 Å². The van der Waals surface area contributed by atoms with E-state index in [0.29, 0.717) is 0 Å². The minimum Gasteiger partial charge on any atom is -0.322 e. The molecule has 1 amide bonds. The predicted molar refractivity (Wildman–Crippen MR) is 87.8 cm³/mol. The van der Waals surface area contributed by atoms with E-state index in [1.807, 2.05) is 55.6 Å². The third-order valence-electron chi connectivity index (χ3n) is 3.53. The molecule has 3 heteroatoms. The summed E-state index contributed by atoms with van der Waals surface area (Å²) in [6, 6.07) is 15.7. The third-order valence-corrected chi connectivity index (χ3v) is 3.53. The summed E-state index contributed by atoms with van der Waals surface area (Å²) in [5.74, 6) is -0.0500. The van der Waals surface area contributed by atoms with Crippen LogP contribution in [-0.4, -0.2) is 19.5 Å². The van der Waals surface area contributed by atoms with Gasteiger partial charge in [-0.25, -0.2) is 0 Å². The van der Waals surface area contributed by atoms with E-state index < -0.39 is 0 Å². The van der Waals surface area contributed by atoms with Crippen LogP contribution in [0.4, 0.5) is 5.69 Å². The highest BCUT2D eigenvalue weighted by molar-refractivity contribution is 6.05. The molecule has 0 aliphatic heterocycles. The second-order valence-electron chi connectivity index (χ2n) is 5.02. The Labute approximate surface area is 126 Å². The van der Waals surface area contributed by atoms with Crippen molar-refractivity contribution in [3.05, 3.63) is 65.2 Å². The molecule has 21 heavy (non-hydrogen) atoms. The highest BCUT2D eigenvalue weighted by Crippen LogP contribution is 2.14. The molecule has 0 saturated carbocycles. The van der Waals surface area contributed by atoms with Gasteiger partial charge < -0.3 is 10.6 Å². The van der Waals surface area contributed by atoms with Gasteiger partial charge in [-0.2, -0.15) is 0 Å². The van der Waals surface area contributed by atoms with Crippen LogP contribution >= 0.6 is 0 Å². The minimum atomic E-state index is -0.0500. The molecule has 0 unspecified atom stereocenters. The van der Waals surface area contributed by atoms with Crippen molar-refractivity contribution >= 4 is 11.6 Å². The number of likely N-dealkylation sites (N-methyl/N-ethyl adjacent to an activating group) is 1. The number of carbonyl (C=O) groups excluding carboxylic acids is 1. The van der Waals surface area contributed by atoms with Crippen molar-refractivity contribution in [2.45, 2.75) is 19.8 Å². The van der Waals surface area contributed by atoms with Gasteiger partial charge in [0.05, 0.1) is 0 Å². The Morgan fingerprint density at radius 3 is 2.43 bits per heavy atom. The Bertz CT molecular complexity index is 590. The van der Waals surface area contributed by atoms with E-state index in [4.69, 9.17) is 0 Å². The number of carbonyl (C=O) groups is 1. The van der Waals surface area contributed by atoms with Gasteiger partial charge in [-0.15, -0.1) is 0 Å². The lowest BCUT2D eigenvalue weighted by Crippen LogP contribution is -2.17. The van der Waals surface area contributed by atoms with Gasteiger partial charge >= 0.3 is 0 Å². The standard InChI is InChI=1S/C18H22N2O/c1-3-14-8-10-16(11-9-14)20-18(21)17-7-5-4-6-15(17)12-13-19-2/h4-11,19H,3,12-13H2,1-2H3,(H,20,21). The van der Waals surface area contributed by atoms with Crippen molar-refractivity contribution in [2.75, 3.05) is 18.9 Å². The largest absolute Gasteiger partial charge is 0.322 e. The zero-order valence-electron chi connectivity index (χ0n) is 12.6. The Hall–Kier alpha value is -2.13. The second kappa shape index (κ2) is 7.60. The molecule has 0 saturated heterocycles. The fraction of sp³-hybridized carbons (Fsp3) is 0.278. The molecule has 110 valence electrons. The van der Waals surface area contributed by atoms with Crippen LogP contribution in [0.3, 0.4) is 0 Å². The maximum Gasteiger partial charge on any atom is 0.255 e. The van der Waals surface area contributed by atoms with Crippen molar-refractivity contribution in [2.24, 2.45) is 0 Å². The Morgan fingerprint density at radius 1 is 1.05 bits per heavy atom. The Kier molecular flexibility index (Phi) is 5.52. The molecule has 0 heterocycles. The average molecular weight is 282 g/mol. The van der Waals surface area contributed by atoms with Crippen molar-refractivity contribution < 1.29 is 4.79 Å². The lowest BCUT2D eigenvalue weighted by molar-refractivity contribution is 0.102. The molecule has 0 bridgehead atoms. The van der Waals surface area contributed by atoms with Gasteiger partial charge in [-0.1, -0.05) is 37.3 Å². The first kappa shape index (κ1) is 15.3. The van der Waals surface area contributed by atoms with E-state index in [1.165, 1.54) is 5.56 Å². The molecule has 0 aromatic heterocycles. The summed E-state index contributed by atoms with van der Waals surface area (Å²) in [5, 5.41) is 6.08. The molecule has 0 aliphatic carbocycles. The van der Waals surface area contributed by atoms with Crippen LogP contribution in [0.25, 0.3) is 0 Å². The van der Waals surface area contributed by atoms with Gasteiger partial charge in [0.2, 0.25) is 0 Å². The summed E-state index contributed by atoms with van der Waals surface area (Å²) >= 11 is 0. The monoisotopic (exact) mass is 282 g/mol. The van der Waals surface area contributed by atoms with Crippen LogP contribution in [0.15, 0.2) is 48.5 Å². The number of benzene rings is 2. The van der Waals surface area contributed by atoms with Crippen molar-refractivity contribution in [3.63, 3.8) is 0 Å². The van der Waals surface area contributed by atoms with Crippen molar-refractivity contribution in [1.29, 1.82) is 0 Å². The van der Waals surface area contributed by atoms with Gasteiger partial charge in [0, 0.05) is 11.3 Å². The first-order valence-corrected chi connectivity index (χ1v) is 7.37. The van der Waals surface area contributed by atoms with Crippen molar-refractivity contribution in [1.82, 2.24) is 5.32 Å². The van der Waals surface area contributed by atoms with E-state index in [-0.39, 0.29) is 5.91 Å². The van der Waals surface area contributed by atoms with Gasteiger partial charge in [0.15, 0.2) is 0 Å². The predicted octanol–water partition coefficient (Wildman–Crippen LogP) is 3.26. The molecule has 2 aromatic carbocycles. The SMILES string of the molecule is CCc1ccc(NC(=O)c2ccccc2CCNC)cc1. The number of rotatable bonds is 6. The number of hydrogen-bond donors (Lipinski definition) is 2. The van der Waals surface area contributed by atoms with E-state index >= 15 is 0 Å². The molecule has 0 radical (unpaired) electrons. The topological polar surface area (TPSA) is 41.1 Å². The summed E-state index contributed by atoms with van der Waals surface area (Å²) in [6.45, 7) is 2.97. The molecule has 3 nitrogen and oxygen atoms in total. The molecule has 2 N–H and O–H groups in total. The smallest absolute Gasteiger partial charge is 0.255 e. The zero-order chi connectivity index (χ0) is 15.1. The number of nitrogens with one attached hydrogen (secondary N) is 2. The summed E-state index contributed by atoms with van der Waals surface area (Å²) in [7, 11) is 1.91. The maximum absolute atomic E-state index is 12.4. The Morgan fingerprint density at radius 2 is 1.76 bits per heavy atom. The third kappa shape index (κ3) is 4.17. The summed E-state index contributed by atoms with van der Waals surface area (Å²) in [6.07, 6.45) is 1.84. The summed E-state index contributed by atoms with van der Waals surface area (Å²) < 4.78 is 0. The Balaban J connectivity index is 2.12. The molecule has 0 atom stereocenters. The fourth-order valence-electron chi connectivity index (χ4n) is 2.24. The summed E-state index contributed by atoms with van der Waals surface area (Å²) in [4.78, 5) is 12.4.